The first-order chi connectivity index (χ1) is 30.5. The Kier molecular flexibility index (Phi) is 9.24. The zero-order valence-electron chi connectivity index (χ0n) is 35.0. The van der Waals surface area contributed by atoms with Gasteiger partial charge in [-0.05, 0) is 132 Å². The molecule has 0 N–H and O–H groups in total. The molecule has 62 heavy (non-hydrogen) atoms. The van der Waals surface area contributed by atoms with Gasteiger partial charge in [-0.25, -0.2) is 0 Å². The number of hydrogen-bond acceptors (Lipinski definition) is 1. The second kappa shape index (κ2) is 15.4. The second-order valence-electron chi connectivity index (χ2n) is 17.0. The lowest BCUT2D eigenvalue weighted by Crippen LogP contribution is -2.16. The summed E-state index contributed by atoms with van der Waals surface area (Å²) >= 11 is 0. The van der Waals surface area contributed by atoms with Crippen molar-refractivity contribution in [2.75, 3.05) is 4.90 Å². The van der Waals surface area contributed by atoms with Crippen LogP contribution in [0.3, 0.4) is 0 Å². The zero-order chi connectivity index (χ0) is 41.6. The van der Waals surface area contributed by atoms with E-state index in [-0.39, 0.29) is 5.41 Å². The minimum absolute atomic E-state index is 0.120. The maximum absolute atomic E-state index is 2.44. The summed E-state index contributed by atoms with van der Waals surface area (Å²) in [4.78, 5) is 2.44. The molecule has 10 aromatic carbocycles. The molecule has 10 aromatic rings. The third kappa shape index (κ3) is 6.69. The smallest absolute Gasteiger partial charge is 0.0540 e. The SMILES string of the molecule is CC1(C)c2ccccc2-c2ccc(N(c3ccc(-c4ccc(-c5cccc(-c6ccc7ccccc7c6)c5)cc4)cc3)c3ccccc3-c3cccc(-c4ccccc4)c3)cc21. The third-order valence-corrected chi connectivity index (χ3v) is 12.9. The summed E-state index contributed by atoms with van der Waals surface area (Å²) in [6.07, 6.45) is 0. The van der Waals surface area contributed by atoms with Gasteiger partial charge in [-0.1, -0.05) is 202 Å². The second-order valence-corrected chi connectivity index (χ2v) is 17.0. The standard InChI is InChI=1S/C61H45N/c1-61(2)58-24-10-8-23-56(58)57-37-36-54(41-59(57)61)62(60-25-11-9-22-55(60)52-21-13-19-49(40-52)42-14-4-3-5-15-42)53-34-32-45(33-35-53)44-26-28-46(29-27-44)48-18-12-20-50(38-48)51-31-30-43-16-6-7-17-47(43)39-51/h3-41H,1-2H3. The van der Waals surface area contributed by atoms with Gasteiger partial charge in [0.1, 0.15) is 0 Å². The van der Waals surface area contributed by atoms with Crippen molar-refractivity contribution in [1.82, 2.24) is 0 Å². The van der Waals surface area contributed by atoms with Crippen LogP contribution in [-0.4, -0.2) is 0 Å². The minimum Gasteiger partial charge on any atom is -0.310 e. The predicted molar refractivity (Wildman–Crippen MR) is 263 cm³/mol. The van der Waals surface area contributed by atoms with Crippen LogP contribution in [0.15, 0.2) is 237 Å². The molecule has 11 rings (SSSR count). The molecule has 294 valence electrons. The highest BCUT2D eigenvalue weighted by atomic mass is 15.1. The molecule has 0 heterocycles. The molecular formula is C61H45N. The maximum atomic E-state index is 2.44. The topological polar surface area (TPSA) is 3.24 Å². The highest BCUT2D eigenvalue weighted by Gasteiger charge is 2.36. The number of nitrogens with zero attached hydrogens (tertiary/aromatic N) is 1. The maximum Gasteiger partial charge on any atom is 0.0540 e. The van der Waals surface area contributed by atoms with E-state index in [4.69, 9.17) is 0 Å². The van der Waals surface area contributed by atoms with Crippen LogP contribution in [0.4, 0.5) is 17.1 Å². The number of hydrogen-bond donors (Lipinski definition) is 0. The van der Waals surface area contributed by atoms with E-state index < -0.39 is 0 Å². The Morgan fingerprint density at radius 1 is 0.274 bits per heavy atom. The minimum atomic E-state index is -0.120. The van der Waals surface area contributed by atoms with Crippen LogP contribution in [0, 0.1) is 0 Å². The Labute approximate surface area is 364 Å². The van der Waals surface area contributed by atoms with Crippen molar-refractivity contribution in [3.05, 3.63) is 248 Å². The molecule has 1 aliphatic rings. The van der Waals surface area contributed by atoms with E-state index in [1.807, 2.05) is 0 Å². The van der Waals surface area contributed by atoms with Crippen LogP contribution in [0.2, 0.25) is 0 Å². The molecule has 0 saturated heterocycles. The lowest BCUT2D eigenvalue weighted by molar-refractivity contribution is 0.660. The fourth-order valence-electron chi connectivity index (χ4n) is 9.57. The zero-order valence-corrected chi connectivity index (χ0v) is 35.0. The van der Waals surface area contributed by atoms with Crippen molar-refractivity contribution in [2.24, 2.45) is 0 Å². The van der Waals surface area contributed by atoms with E-state index in [0.717, 1.165) is 17.1 Å². The lowest BCUT2D eigenvalue weighted by Gasteiger charge is -2.30. The van der Waals surface area contributed by atoms with Gasteiger partial charge in [-0.3, -0.25) is 0 Å². The summed E-state index contributed by atoms with van der Waals surface area (Å²) < 4.78 is 0. The van der Waals surface area contributed by atoms with Gasteiger partial charge >= 0.3 is 0 Å². The molecule has 1 heteroatoms. The van der Waals surface area contributed by atoms with Gasteiger partial charge in [-0.15, -0.1) is 0 Å². The predicted octanol–water partition coefficient (Wildman–Crippen LogP) is 17.0. The van der Waals surface area contributed by atoms with Crippen LogP contribution >= 0.6 is 0 Å². The number of para-hydroxylation sites is 1. The highest BCUT2D eigenvalue weighted by molar-refractivity contribution is 5.92. The molecule has 0 aliphatic heterocycles. The number of rotatable bonds is 8. The van der Waals surface area contributed by atoms with Crippen molar-refractivity contribution in [3.8, 4) is 66.8 Å². The first kappa shape index (κ1) is 37.3. The van der Waals surface area contributed by atoms with E-state index in [9.17, 15) is 0 Å². The normalized spacial score (nSPS) is 12.5. The molecule has 1 nitrogen and oxygen atoms in total. The molecule has 0 aromatic heterocycles. The molecule has 0 unspecified atom stereocenters. The van der Waals surface area contributed by atoms with E-state index in [1.54, 1.807) is 0 Å². The van der Waals surface area contributed by atoms with E-state index >= 15 is 0 Å². The molecule has 1 aliphatic carbocycles. The fourth-order valence-corrected chi connectivity index (χ4v) is 9.57. The van der Waals surface area contributed by atoms with Crippen molar-refractivity contribution < 1.29 is 0 Å². The van der Waals surface area contributed by atoms with Crippen LogP contribution < -0.4 is 4.90 Å². The van der Waals surface area contributed by atoms with Crippen LogP contribution in [0.5, 0.6) is 0 Å². The molecule has 0 saturated carbocycles. The molecule has 0 amide bonds. The fraction of sp³-hybridized carbons (Fsp3) is 0.0492. The molecular weight excluding hydrogens is 747 g/mol. The highest BCUT2D eigenvalue weighted by Crippen LogP contribution is 2.51. The summed E-state index contributed by atoms with van der Waals surface area (Å²) in [7, 11) is 0. The summed E-state index contributed by atoms with van der Waals surface area (Å²) in [6, 6.07) is 86.6. The first-order valence-electron chi connectivity index (χ1n) is 21.6. The van der Waals surface area contributed by atoms with E-state index in [1.165, 1.54) is 88.7 Å². The molecule has 0 spiro atoms. The molecule has 0 fully saturated rings. The molecule has 0 radical (unpaired) electrons. The number of fused-ring (bicyclic) bond motifs is 4. The summed E-state index contributed by atoms with van der Waals surface area (Å²) in [5.41, 5.74) is 20.6. The Balaban J connectivity index is 0.958. The quantitative estimate of drug-likeness (QED) is 0.148. The van der Waals surface area contributed by atoms with Gasteiger partial charge in [0, 0.05) is 22.4 Å². The van der Waals surface area contributed by atoms with Crippen LogP contribution in [-0.2, 0) is 5.41 Å². The summed E-state index contributed by atoms with van der Waals surface area (Å²) in [5, 5.41) is 2.52. The van der Waals surface area contributed by atoms with E-state index in [0.29, 0.717) is 0 Å². The lowest BCUT2D eigenvalue weighted by atomic mass is 9.82. The van der Waals surface area contributed by atoms with Gasteiger partial charge in [0.25, 0.3) is 0 Å². The van der Waals surface area contributed by atoms with Crippen molar-refractivity contribution in [1.29, 1.82) is 0 Å². The number of benzene rings is 10. The van der Waals surface area contributed by atoms with Gasteiger partial charge < -0.3 is 4.90 Å². The largest absolute Gasteiger partial charge is 0.310 e. The van der Waals surface area contributed by atoms with Gasteiger partial charge in [-0.2, -0.15) is 0 Å². The third-order valence-electron chi connectivity index (χ3n) is 12.9. The molecule has 0 atom stereocenters. The summed E-state index contributed by atoms with van der Waals surface area (Å²) in [6.45, 7) is 4.72. The average molecular weight is 792 g/mol. The Bertz CT molecular complexity index is 3250. The number of anilines is 3. The van der Waals surface area contributed by atoms with Gasteiger partial charge in [0.2, 0.25) is 0 Å². The average Bonchev–Trinajstić information content (AvgIpc) is 3.57. The molecule has 0 bridgehead atoms. The van der Waals surface area contributed by atoms with Crippen LogP contribution in [0.25, 0.3) is 77.5 Å². The van der Waals surface area contributed by atoms with E-state index in [2.05, 4.69) is 255 Å². The van der Waals surface area contributed by atoms with Crippen molar-refractivity contribution >= 4 is 27.8 Å². The van der Waals surface area contributed by atoms with Gasteiger partial charge in [0.15, 0.2) is 0 Å². The Hall–Kier alpha value is -7.74. The van der Waals surface area contributed by atoms with Gasteiger partial charge in [0.05, 0.1) is 5.69 Å². The summed E-state index contributed by atoms with van der Waals surface area (Å²) in [5.74, 6) is 0. The Morgan fingerprint density at radius 2 is 0.742 bits per heavy atom. The Morgan fingerprint density at radius 3 is 1.48 bits per heavy atom. The van der Waals surface area contributed by atoms with Crippen molar-refractivity contribution in [2.45, 2.75) is 19.3 Å². The van der Waals surface area contributed by atoms with Crippen molar-refractivity contribution in [3.63, 3.8) is 0 Å². The first-order valence-corrected chi connectivity index (χ1v) is 21.6. The monoisotopic (exact) mass is 791 g/mol. The van der Waals surface area contributed by atoms with Crippen LogP contribution in [0.1, 0.15) is 25.0 Å².